The van der Waals surface area contributed by atoms with Crippen molar-refractivity contribution in [3.8, 4) is 28.4 Å². The van der Waals surface area contributed by atoms with E-state index in [1.807, 2.05) is 12.1 Å². The summed E-state index contributed by atoms with van der Waals surface area (Å²) in [5.74, 6) is 1.55. The van der Waals surface area contributed by atoms with Gasteiger partial charge in [-0.2, -0.15) is 0 Å². The average molecular weight is 608 g/mol. The van der Waals surface area contributed by atoms with E-state index in [2.05, 4.69) is 16.0 Å². The highest BCUT2D eigenvalue weighted by molar-refractivity contribution is 5.83. The topological polar surface area (TPSA) is 115 Å². The van der Waals surface area contributed by atoms with Gasteiger partial charge in [-0.05, 0) is 73.4 Å². The predicted octanol–water partition coefficient (Wildman–Crippen LogP) is 6.06. The first-order valence-corrected chi connectivity index (χ1v) is 16.2. The average Bonchev–Trinajstić information content (AvgIpc) is 3.23. The van der Waals surface area contributed by atoms with Gasteiger partial charge in [-0.25, -0.2) is 0 Å². The number of carbonyl (C=O) groups excluding carboxylic acids is 2. The minimum absolute atomic E-state index is 0.150. The maximum atomic E-state index is 13.5. The third-order valence-electron chi connectivity index (χ3n) is 8.78. The van der Waals surface area contributed by atoms with Gasteiger partial charge in [0.1, 0.15) is 0 Å². The van der Waals surface area contributed by atoms with Crippen molar-refractivity contribution < 1.29 is 23.8 Å². The van der Waals surface area contributed by atoms with Crippen LogP contribution < -0.4 is 35.6 Å². The van der Waals surface area contributed by atoms with Crippen LogP contribution in [0.5, 0.6) is 17.2 Å². The van der Waals surface area contributed by atoms with Crippen LogP contribution in [-0.4, -0.2) is 45.7 Å². The van der Waals surface area contributed by atoms with Gasteiger partial charge < -0.3 is 30.2 Å². The number of carbonyl (C=O) groups is 2. The number of nitrogens with one attached hydrogen (secondary N) is 3. The van der Waals surface area contributed by atoms with Crippen molar-refractivity contribution in [3.63, 3.8) is 0 Å². The highest BCUT2D eigenvalue weighted by Crippen LogP contribution is 2.50. The summed E-state index contributed by atoms with van der Waals surface area (Å²) >= 11 is 0. The molecule has 0 radical (unpaired) electrons. The predicted molar refractivity (Wildman–Crippen MR) is 174 cm³/mol. The first kappa shape index (κ1) is 33.1. The molecule has 44 heavy (non-hydrogen) atoms. The lowest BCUT2D eigenvalue weighted by Crippen LogP contribution is -2.35. The standard InChI is InChI=1S/C35H49N3O6/c1-23(39)37-28-18-16-24-21-31(42-2)34(43-3)35(44-4)33(24)26-17-19-29(30(40)22-27(26)28)36-20-12-8-11-15-32(41)38-25-13-9-6-5-7-10-14-25/h17,19,21-22,25,28H,5-16,18,20H2,1-4H3,(H,36,40)(H,37,39)(H,38,41)/t28-/m0/s1. The molecule has 2 aliphatic carbocycles. The van der Waals surface area contributed by atoms with Gasteiger partial charge >= 0.3 is 0 Å². The first-order chi connectivity index (χ1) is 21.4. The second-order valence-electron chi connectivity index (χ2n) is 11.9. The van der Waals surface area contributed by atoms with E-state index in [-0.39, 0.29) is 23.3 Å². The molecule has 2 aliphatic rings. The number of anilines is 1. The van der Waals surface area contributed by atoms with Crippen LogP contribution in [0.15, 0.2) is 29.1 Å². The zero-order chi connectivity index (χ0) is 31.5. The molecule has 0 aliphatic heterocycles. The summed E-state index contributed by atoms with van der Waals surface area (Å²) in [5.41, 5.74) is 3.69. The molecular formula is C35H49N3O6. The third-order valence-corrected chi connectivity index (χ3v) is 8.78. The van der Waals surface area contributed by atoms with Gasteiger partial charge in [-0.15, -0.1) is 0 Å². The lowest BCUT2D eigenvalue weighted by Gasteiger charge is -2.21. The Morgan fingerprint density at radius 1 is 0.841 bits per heavy atom. The lowest BCUT2D eigenvalue weighted by molar-refractivity contribution is -0.122. The Labute approximate surface area is 261 Å². The fraction of sp³-hybridized carbons (Fsp3) is 0.571. The number of hydrogen-bond donors (Lipinski definition) is 3. The van der Waals surface area contributed by atoms with Crippen LogP contribution in [0.4, 0.5) is 5.69 Å². The Kier molecular flexibility index (Phi) is 12.3. The summed E-state index contributed by atoms with van der Waals surface area (Å²) in [7, 11) is 4.74. The zero-order valence-electron chi connectivity index (χ0n) is 26.8. The van der Waals surface area contributed by atoms with E-state index in [0.29, 0.717) is 54.8 Å². The van der Waals surface area contributed by atoms with Crippen molar-refractivity contribution in [3.05, 3.63) is 45.6 Å². The molecule has 0 aromatic heterocycles. The summed E-state index contributed by atoms with van der Waals surface area (Å²) in [4.78, 5) is 38.1. The van der Waals surface area contributed by atoms with Crippen LogP contribution in [0.3, 0.4) is 0 Å². The number of ether oxygens (including phenoxy) is 3. The normalized spacial score (nSPS) is 16.7. The Morgan fingerprint density at radius 2 is 1.57 bits per heavy atom. The summed E-state index contributed by atoms with van der Waals surface area (Å²) < 4.78 is 17.1. The van der Waals surface area contributed by atoms with Gasteiger partial charge in [0.2, 0.25) is 23.0 Å². The second-order valence-corrected chi connectivity index (χ2v) is 11.9. The SMILES string of the molecule is COc1cc2c(c(OC)c1OC)-c1ccc(NCCCCCC(=O)NC3CCCCCCC3)c(=O)cc1[C@@H](NC(C)=O)CC2. The summed E-state index contributed by atoms with van der Waals surface area (Å²) in [6.07, 6.45) is 12.8. The highest BCUT2D eigenvalue weighted by atomic mass is 16.5. The van der Waals surface area contributed by atoms with Crippen molar-refractivity contribution in [1.29, 1.82) is 0 Å². The number of rotatable bonds is 12. The van der Waals surface area contributed by atoms with Crippen molar-refractivity contribution in [1.82, 2.24) is 10.6 Å². The number of amides is 2. The molecule has 2 aromatic carbocycles. The van der Waals surface area contributed by atoms with Gasteiger partial charge in [-0.3, -0.25) is 14.4 Å². The Bertz CT molecular complexity index is 1350. The largest absolute Gasteiger partial charge is 0.493 e. The number of benzene rings is 1. The third kappa shape index (κ3) is 8.45. The number of unbranched alkanes of at least 4 members (excludes halogenated alkanes) is 2. The van der Waals surface area contributed by atoms with Gasteiger partial charge in [0, 0.05) is 31.5 Å². The molecule has 4 rings (SSSR count). The van der Waals surface area contributed by atoms with Crippen LogP contribution in [0.1, 0.15) is 101 Å². The van der Waals surface area contributed by atoms with Crippen molar-refractivity contribution in [2.24, 2.45) is 0 Å². The Morgan fingerprint density at radius 3 is 2.25 bits per heavy atom. The van der Waals surface area contributed by atoms with E-state index in [9.17, 15) is 14.4 Å². The monoisotopic (exact) mass is 607 g/mol. The molecule has 0 bridgehead atoms. The maximum Gasteiger partial charge on any atom is 0.220 e. The Hall–Kier alpha value is -3.75. The van der Waals surface area contributed by atoms with E-state index in [4.69, 9.17) is 14.2 Å². The van der Waals surface area contributed by atoms with E-state index in [0.717, 1.165) is 54.4 Å². The molecule has 9 heteroatoms. The van der Waals surface area contributed by atoms with Gasteiger partial charge in [0.15, 0.2) is 11.5 Å². The lowest BCUT2D eigenvalue weighted by atomic mass is 9.95. The molecule has 0 heterocycles. The van der Waals surface area contributed by atoms with Crippen molar-refractivity contribution in [2.45, 2.75) is 102 Å². The molecule has 0 spiro atoms. The molecule has 2 amide bonds. The van der Waals surface area contributed by atoms with E-state index >= 15 is 0 Å². The minimum Gasteiger partial charge on any atom is -0.493 e. The summed E-state index contributed by atoms with van der Waals surface area (Å²) in [6.45, 7) is 2.11. The molecule has 1 saturated carbocycles. The zero-order valence-corrected chi connectivity index (χ0v) is 26.8. The number of fused-ring (bicyclic) bond motifs is 3. The molecule has 1 fully saturated rings. The van der Waals surface area contributed by atoms with E-state index < -0.39 is 0 Å². The van der Waals surface area contributed by atoms with Gasteiger partial charge in [0.05, 0.1) is 33.1 Å². The smallest absolute Gasteiger partial charge is 0.220 e. The molecule has 0 saturated heterocycles. The quantitative estimate of drug-likeness (QED) is 0.251. The number of aryl methyl sites for hydroxylation is 1. The van der Waals surface area contributed by atoms with Crippen LogP contribution >= 0.6 is 0 Å². The highest BCUT2D eigenvalue weighted by Gasteiger charge is 2.29. The molecule has 0 unspecified atom stereocenters. The van der Waals surface area contributed by atoms with E-state index in [1.165, 1.54) is 39.0 Å². The first-order valence-electron chi connectivity index (χ1n) is 16.2. The van der Waals surface area contributed by atoms with Crippen LogP contribution in [0.25, 0.3) is 11.1 Å². The van der Waals surface area contributed by atoms with Crippen LogP contribution in [-0.2, 0) is 16.0 Å². The van der Waals surface area contributed by atoms with Gasteiger partial charge in [-0.1, -0.05) is 44.6 Å². The number of methoxy groups -OCH3 is 3. The van der Waals surface area contributed by atoms with E-state index in [1.54, 1.807) is 33.5 Å². The molecule has 2 aromatic rings. The summed E-state index contributed by atoms with van der Waals surface area (Å²) in [5, 5.41) is 9.60. The fourth-order valence-corrected chi connectivity index (χ4v) is 6.56. The summed E-state index contributed by atoms with van der Waals surface area (Å²) in [6, 6.07) is 7.28. The molecule has 9 nitrogen and oxygen atoms in total. The van der Waals surface area contributed by atoms with Crippen LogP contribution in [0.2, 0.25) is 0 Å². The van der Waals surface area contributed by atoms with Gasteiger partial charge in [0.25, 0.3) is 0 Å². The molecule has 3 N–H and O–H groups in total. The minimum atomic E-state index is -0.349. The van der Waals surface area contributed by atoms with Crippen LogP contribution in [0, 0.1) is 0 Å². The molecule has 240 valence electrons. The maximum absolute atomic E-state index is 13.5. The molecular weight excluding hydrogens is 558 g/mol. The number of hydrogen-bond acceptors (Lipinski definition) is 7. The van der Waals surface area contributed by atoms with Crippen molar-refractivity contribution >= 4 is 17.5 Å². The second kappa shape index (κ2) is 16.4. The fourth-order valence-electron chi connectivity index (χ4n) is 6.56. The van der Waals surface area contributed by atoms with Crippen molar-refractivity contribution in [2.75, 3.05) is 33.2 Å². The Balaban J connectivity index is 1.46. The molecule has 1 atom stereocenters.